The van der Waals surface area contributed by atoms with Gasteiger partial charge in [0.1, 0.15) is 12.2 Å². The van der Waals surface area contributed by atoms with Crippen LogP contribution in [0.3, 0.4) is 0 Å². The minimum atomic E-state index is -0.601. The Balaban J connectivity index is 1.96. The standard InChI is InChI=1S/C8H12O5P2/c1-2-3-5(13-14)6-7(15-9)4(2)11-8(10-3)12-6/h2-8H,14H2,1H3/t2-,3-,4?,5?,6+,7?,8?/m1/s1. The third-order valence-corrected chi connectivity index (χ3v) is 4.59. The van der Waals surface area contributed by atoms with Gasteiger partial charge in [0.2, 0.25) is 0 Å². The highest BCUT2D eigenvalue weighted by Gasteiger charge is 2.61. The highest BCUT2D eigenvalue weighted by Crippen LogP contribution is 2.47. The van der Waals surface area contributed by atoms with E-state index in [1.165, 1.54) is 0 Å². The van der Waals surface area contributed by atoms with E-state index >= 15 is 0 Å². The number of ether oxygens (including phenoxy) is 3. The van der Waals surface area contributed by atoms with Gasteiger partial charge in [-0.1, -0.05) is 6.92 Å². The third-order valence-electron chi connectivity index (χ3n) is 3.44. The molecule has 7 heteroatoms. The maximum absolute atomic E-state index is 11.1. The topological polar surface area (TPSA) is 54.0 Å². The lowest BCUT2D eigenvalue weighted by atomic mass is 9.79. The molecular formula is C8H12O5P2. The highest BCUT2D eigenvalue weighted by molar-refractivity contribution is 7.25. The van der Waals surface area contributed by atoms with E-state index in [0.717, 1.165) is 0 Å². The van der Waals surface area contributed by atoms with Crippen LogP contribution < -0.4 is 0 Å². The first-order valence-electron chi connectivity index (χ1n) is 4.90. The zero-order valence-corrected chi connectivity index (χ0v) is 10.2. The molecule has 0 amide bonds. The lowest BCUT2D eigenvalue weighted by Crippen LogP contribution is -2.71. The molecule has 0 radical (unpaired) electrons. The Morgan fingerprint density at radius 3 is 2.53 bits per heavy atom. The summed E-state index contributed by atoms with van der Waals surface area (Å²) >= 11 is 0. The summed E-state index contributed by atoms with van der Waals surface area (Å²) in [6, 6.07) is 0. The molecule has 0 aromatic carbocycles. The second-order valence-electron chi connectivity index (χ2n) is 4.15. The van der Waals surface area contributed by atoms with Crippen molar-refractivity contribution in [1.29, 1.82) is 0 Å². The summed E-state index contributed by atoms with van der Waals surface area (Å²) in [5.41, 5.74) is -0.151. The fourth-order valence-electron chi connectivity index (χ4n) is 2.69. The molecule has 3 heterocycles. The summed E-state index contributed by atoms with van der Waals surface area (Å²) in [6.45, 7) is 1.43. The maximum Gasteiger partial charge on any atom is 0.272 e. The molecule has 0 spiro atoms. The summed E-state index contributed by atoms with van der Waals surface area (Å²) in [4.78, 5) is 0. The zero-order valence-electron chi connectivity index (χ0n) is 8.11. The monoisotopic (exact) mass is 250 g/mol. The quantitative estimate of drug-likeness (QED) is 0.682. The van der Waals surface area contributed by atoms with Gasteiger partial charge in [0.15, 0.2) is 8.46 Å². The van der Waals surface area contributed by atoms with Crippen molar-refractivity contribution in [2.75, 3.05) is 0 Å². The SMILES string of the molecule is C[C@H]1C2OC3O[C@H](C2P=O)C(OP)[C@@H]1O3. The molecular weight excluding hydrogens is 238 g/mol. The van der Waals surface area contributed by atoms with Crippen LogP contribution in [0.15, 0.2) is 0 Å². The van der Waals surface area contributed by atoms with Crippen LogP contribution in [0.4, 0.5) is 0 Å². The van der Waals surface area contributed by atoms with E-state index in [4.69, 9.17) is 18.7 Å². The predicted molar refractivity (Wildman–Crippen MR) is 53.5 cm³/mol. The molecule has 5 nitrogen and oxygen atoms in total. The van der Waals surface area contributed by atoms with Crippen molar-refractivity contribution in [2.45, 2.75) is 43.5 Å². The van der Waals surface area contributed by atoms with Gasteiger partial charge >= 0.3 is 0 Å². The van der Waals surface area contributed by atoms with E-state index in [1.54, 1.807) is 0 Å². The zero-order chi connectivity index (χ0) is 10.6. The fourth-order valence-corrected chi connectivity index (χ4v) is 3.82. The van der Waals surface area contributed by atoms with Gasteiger partial charge in [0.05, 0.1) is 17.9 Å². The van der Waals surface area contributed by atoms with Gasteiger partial charge in [-0.2, -0.15) is 0 Å². The van der Waals surface area contributed by atoms with E-state index in [9.17, 15) is 4.57 Å². The molecule has 84 valence electrons. The molecule has 4 fully saturated rings. The fraction of sp³-hybridized carbons (Fsp3) is 1.00. The molecule has 3 aliphatic heterocycles. The van der Waals surface area contributed by atoms with Crippen molar-refractivity contribution in [3.05, 3.63) is 0 Å². The Labute approximate surface area is 91.3 Å². The van der Waals surface area contributed by atoms with Gasteiger partial charge in [-0.15, -0.1) is 0 Å². The average Bonchev–Trinajstić information content (AvgIpc) is 2.25. The summed E-state index contributed by atoms with van der Waals surface area (Å²) in [5.74, 6) is 0.179. The Morgan fingerprint density at radius 1 is 1.20 bits per heavy atom. The molecule has 4 rings (SSSR count). The van der Waals surface area contributed by atoms with E-state index in [2.05, 4.69) is 9.47 Å². The largest absolute Gasteiger partial charge is 0.357 e. The molecule has 0 aromatic rings. The molecule has 1 saturated carbocycles. The first-order valence-corrected chi connectivity index (χ1v) is 6.26. The minimum Gasteiger partial charge on any atom is -0.357 e. The van der Waals surface area contributed by atoms with Crippen molar-refractivity contribution in [3.8, 4) is 0 Å². The number of hydrogen-bond acceptors (Lipinski definition) is 5. The van der Waals surface area contributed by atoms with E-state index in [-0.39, 0.29) is 44.5 Å². The van der Waals surface area contributed by atoms with Gasteiger partial charge in [0.25, 0.3) is 6.48 Å². The molecule has 0 aromatic heterocycles. The number of rotatable bonds is 2. The lowest BCUT2D eigenvalue weighted by molar-refractivity contribution is -0.451. The molecule has 8 atom stereocenters. The first kappa shape index (κ1) is 10.5. The maximum atomic E-state index is 11.1. The Kier molecular flexibility index (Phi) is 2.59. The van der Waals surface area contributed by atoms with Crippen molar-refractivity contribution in [3.63, 3.8) is 0 Å². The molecule has 4 aliphatic rings. The van der Waals surface area contributed by atoms with Crippen LogP contribution in [0.2, 0.25) is 0 Å². The van der Waals surface area contributed by atoms with Gasteiger partial charge in [-0.05, 0) is 0 Å². The van der Waals surface area contributed by atoms with Gasteiger partial charge in [-0.25, -0.2) is 0 Å². The van der Waals surface area contributed by atoms with Gasteiger partial charge < -0.3 is 18.7 Å². The second-order valence-corrected chi connectivity index (χ2v) is 5.23. The smallest absolute Gasteiger partial charge is 0.272 e. The lowest BCUT2D eigenvalue weighted by Gasteiger charge is -2.57. The molecule has 0 N–H and O–H groups in total. The summed E-state index contributed by atoms with van der Waals surface area (Å²) in [5, 5.41) is 0. The molecule has 1 aliphatic carbocycles. The van der Waals surface area contributed by atoms with Crippen LogP contribution in [-0.2, 0) is 23.3 Å². The summed E-state index contributed by atoms with van der Waals surface area (Å²) in [7, 11) is 2.28. The summed E-state index contributed by atoms with van der Waals surface area (Å²) < 4.78 is 33.0. The van der Waals surface area contributed by atoms with E-state index < -0.39 is 6.48 Å². The molecule has 5 unspecified atom stereocenters. The Morgan fingerprint density at radius 2 is 1.87 bits per heavy atom. The second kappa shape index (κ2) is 3.69. The first-order chi connectivity index (χ1) is 7.26. The van der Waals surface area contributed by atoms with E-state index in [1.807, 2.05) is 6.92 Å². The molecule has 4 bridgehead atoms. The van der Waals surface area contributed by atoms with Crippen molar-refractivity contribution < 1.29 is 23.3 Å². The molecule has 15 heavy (non-hydrogen) atoms. The van der Waals surface area contributed by atoms with Crippen LogP contribution in [0.1, 0.15) is 6.92 Å². The Hall–Kier alpha value is 0.370. The average molecular weight is 250 g/mol. The van der Waals surface area contributed by atoms with E-state index in [0.29, 0.717) is 0 Å². The highest BCUT2D eigenvalue weighted by atomic mass is 31.1. The normalized spacial score (nSPS) is 57.6. The molecule has 3 saturated heterocycles. The van der Waals surface area contributed by atoms with Crippen LogP contribution >= 0.6 is 17.9 Å². The van der Waals surface area contributed by atoms with Crippen LogP contribution in [-0.4, -0.2) is 36.6 Å². The van der Waals surface area contributed by atoms with Crippen molar-refractivity contribution in [1.82, 2.24) is 0 Å². The number of hydrogen-bond donors (Lipinski definition) is 0. The minimum absolute atomic E-state index is 0.0250. The van der Waals surface area contributed by atoms with Crippen LogP contribution in [0, 0.1) is 5.92 Å². The van der Waals surface area contributed by atoms with Crippen molar-refractivity contribution >= 4 is 17.9 Å². The summed E-state index contributed by atoms with van der Waals surface area (Å²) in [6.07, 6.45) is -0.445. The van der Waals surface area contributed by atoms with Crippen molar-refractivity contribution in [2.24, 2.45) is 5.92 Å². The van der Waals surface area contributed by atoms with Crippen LogP contribution in [0.5, 0.6) is 0 Å². The van der Waals surface area contributed by atoms with Gasteiger partial charge in [-0.3, -0.25) is 4.57 Å². The predicted octanol–water partition coefficient (Wildman–Crippen LogP) is 0.938. The third kappa shape index (κ3) is 1.35. The Bertz CT molecular complexity index is 288. The van der Waals surface area contributed by atoms with Crippen LogP contribution in [0.25, 0.3) is 0 Å². The van der Waals surface area contributed by atoms with Gasteiger partial charge in [0, 0.05) is 15.4 Å².